The molecule has 2 aromatic rings. The molecular formula is C21H22BrNO2S7. The lowest BCUT2D eigenvalue weighted by molar-refractivity contribution is 0.586. The molecule has 0 saturated carbocycles. The van der Waals surface area contributed by atoms with Gasteiger partial charge in [-0.15, -0.1) is 23.5 Å². The van der Waals surface area contributed by atoms with Gasteiger partial charge in [-0.05, 0) is 59.3 Å². The van der Waals surface area contributed by atoms with Gasteiger partial charge in [-0.2, -0.15) is 0 Å². The van der Waals surface area contributed by atoms with E-state index in [1.54, 1.807) is 41.9 Å². The van der Waals surface area contributed by atoms with Gasteiger partial charge in [-0.3, -0.25) is 0 Å². The molecule has 4 rings (SSSR count). The normalized spacial score (nSPS) is 16.4. The molecule has 1 aromatic carbocycles. The fraction of sp³-hybridized carbons (Fsp3) is 0.333. The summed E-state index contributed by atoms with van der Waals surface area (Å²) < 4.78 is 33.7. The molecule has 3 nitrogen and oxygen atoms in total. The second-order valence-corrected chi connectivity index (χ2v) is 16.9. The van der Waals surface area contributed by atoms with Crippen LogP contribution in [0.5, 0.6) is 0 Å². The molecule has 3 heterocycles. The van der Waals surface area contributed by atoms with E-state index in [-0.39, 0.29) is 0 Å². The van der Waals surface area contributed by atoms with Crippen molar-refractivity contribution in [2.45, 2.75) is 48.3 Å². The van der Waals surface area contributed by atoms with E-state index in [4.69, 9.17) is 0 Å². The maximum Gasteiger partial charge on any atom is 0.268 e. The van der Waals surface area contributed by atoms with Gasteiger partial charge in [0.05, 0.1) is 26.7 Å². The van der Waals surface area contributed by atoms with Crippen molar-refractivity contribution in [3.8, 4) is 0 Å². The molecule has 11 heteroatoms. The lowest BCUT2D eigenvalue weighted by Crippen LogP contribution is -2.12. The van der Waals surface area contributed by atoms with Crippen molar-refractivity contribution in [1.82, 2.24) is 3.97 Å². The lowest BCUT2D eigenvalue weighted by atomic mass is 10.2. The van der Waals surface area contributed by atoms with Gasteiger partial charge in [-0.25, -0.2) is 12.4 Å². The molecule has 0 atom stereocenters. The van der Waals surface area contributed by atoms with Gasteiger partial charge in [0.1, 0.15) is 4.60 Å². The number of hydrogen-bond donors (Lipinski definition) is 0. The molecule has 32 heavy (non-hydrogen) atoms. The minimum Gasteiger partial charge on any atom is -0.233 e. The summed E-state index contributed by atoms with van der Waals surface area (Å²) in [5.41, 5.74) is 1.04. The van der Waals surface area contributed by atoms with Gasteiger partial charge in [0, 0.05) is 11.1 Å². The van der Waals surface area contributed by atoms with Crippen LogP contribution in [0.2, 0.25) is 0 Å². The maximum absolute atomic E-state index is 13.2. The Bertz CT molecular complexity index is 1160. The van der Waals surface area contributed by atoms with Crippen LogP contribution in [0, 0.1) is 6.92 Å². The van der Waals surface area contributed by atoms with E-state index < -0.39 is 10.0 Å². The molecule has 0 radical (unpaired) electrons. The van der Waals surface area contributed by atoms with Crippen molar-refractivity contribution < 1.29 is 8.42 Å². The first-order valence-corrected chi connectivity index (χ1v) is 17.5. The van der Waals surface area contributed by atoms with E-state index in [0.29, 0.717) is 9.50 Å². The number of aromatic nitrogens is 1. The molecular weight excluding hydrogens is 603 g/mol. The van der Waals surface area contributed by atoms with E-state index in [1.807, 2.05) is 66.1 Å². The zero-order valence-corrected chi connectivity index (χ0v) is 25.0. The molecule has 0 unspecified atom stereocenters. The van der Waals surface area contributed by atoms with Crippen molar-refractivity contribution in [2.24, 2.45) is 0 Å². The van der Waals surface area contributed by atoms with Crippen LogP contribution in [0.3, 0.4) is 0 Å². The van der Waals surface area contributed by atoms with E-state index >= 15 is 0 Å². The van der Waals surface area contributed by atoms with Gasteiger partial charge in [0.15, 0.2) is 0 Å². The maximum atomic E-state index is 13.2. The summed E-state index contributed by atoms with van der Waals surface area (Å²) >= 11 is 14.6. The third-order valence-corrected chi connectivity index (χ3v) is 16.4. The number of benzene rings is 1. The van der Waals surface area contributed by atoms with Crippen LogP contribution >= 0.6 is 86.5 Å². The minimum absolute atomic E-state index is 0.298. The molecule has 0 amide bonds. The first-order chi connectivity index (χ1) is 15.3. The van der Waals surface area contributed by atoms with Gasteiger partial charge in [0.2, 0.25) is 0 Å². The number of fused-ring (bicyclic) bond motifs is 1. The van der Waals surface area contributed by atoms with Crippen LogP contribution in [0.15, 0.2) is 66.7 Å². The Hall–Kier alpha value is 0.510. The summed E-state index contributed by atoms with van der Waals surface area (Å²) in [6, 6.07) is 6.98. The average molecular weight is 625 g/mol. The zero-order chi connectivity index (χ0) is 22.9. The third-order valence-electron chi connectivity index (χ3n) is 4.39. The number of thioether (sulfide) groups is 6. The first-order valence-electron chi connectivity index (χ1n) is 10.0. The number of hydrogen-bond acceptors (Lipinski definition) is 8. The summed E-state index contributed by atoms with van der Waals surface area (Å²) in [6.45, 7) is 6.38. The Morgan fingerprint density at radius 1 is 0.906 bits per heavy atom. The highest BCUT2D eigenvalue weighted by molar-refractivity contribution is 9.10. The molecule has 0 saturated heterocycles. The quantitative estimate of drug-likeness (QED) is 0.288. The monoisotopic (exact) mass is 623 g/mol. The van der Waals surface area contributed by atoms with Crippen molar-refractivity contribution in [3.05, 3.63) is 57.6 Å². The van der Waals surface area contributed by atoms with Crippen molar-refractivity contribution in [3.63, 3.8) is 0 Å². The molecule has 0 aliphatic carbocycles. The van der Waals surface area contributed by atoms with Crippen molar-refractivity contribution in [1.29, 1.82) is 0 Å². The predicted octanol–water partition coefficient (Wildman–Crippen LogP) is 9.01. The van der Waals surface area contributed by atoms with E-state index in [1.165, 1.54) is 33.8 Å². The van der Waals surface area contributed by atoms with Gasteiger partial charge >= 0.3 is 0 Å². The summed E-state index contributed by atoms with van der Waals surface area (Å²) in [5, 5.41) is 0. The second-order valence-electron chi connectivity index (χ2n) is 6.98. The highest BCUT2D eigenvalue weighted by atomic mass is 79.9. The number of nitrogens with zero attached hydrogens (tertiary/aromatic N) is 1. The Balaban J connectivity index is 1.57. The third kappa shape index (κ3) is 5.34. The largest absolute Gasteiger partial charge is 0.268 e. The molecule has 0 N–H and O–H groups in total. The Labute approximate surface area is 224 Å². The topological polar surface area (TPSA) is 39.1 Å². The Kier molecular flexibility index (Phi) is 8.84. The average Bonchev–Trinajstić information content (AvgIpc) is 3.45. The minimum atomic E-state index is -3.64. The fourth-order valence-corrected chi connectivity index (χ4v) is 14.0. The van der Waals surface area contributed by atoms with Crippen molar-refractivity contribution in [2.75, 3.05) is 11.5 Å². The standard InChI is InChI=1S/C21H22BrNO2S7/c1-4-10-26-18-19(27-11-5-2)31-21(30-18)20-28-15-12-23(17(22)16(15)29-20)32(24,25)14-8-6-13(3)7-9-14/h6-9,12H,4-5,10-11H2,1-3H3. The molecule has 172 valence electrons. The first kappa shape index (κ1) is 25.6. The van der Waals surface area contributed by atoms with Gasteiger partial charge in [0.25, 0.3) is 10.0 Å². The zero-order valence-electron chi connectivity index (χ0n) is 17.7. The summed E-state index contributed by atoms with van der Waals surface area (Å²) in [7, 11) is -3.64. The van der Waals surface area contributed by atoms with Crippen LogP contribution in [0.25, 0.3) is 0 Å². The Morgan fingerprint density at radius 2 is 1.47 bits per heavy atom. The summed E-state index contributed by atoms with van der Waals surface area (Å²) in [4.78, 5) is 2.26. The number of aryl methyl sites for hydroxylation is 1. The smallest absolute Gasteiger partial charge is 0.233 e. The van der Waals surface area contributed by atoms with E-state index in [9.17, 15) is 8.42 Å². The predicted molar refractivity (Wildman–Crippen MR) is 152 cm³/mol. The Morgan fingerprint density at radius 3 is 2.00 bits per heavy atom. The number of halogens is 1. The fourth-order valence-electron chi connectivity index (χ4n) is 2.81. The van der Waals surface area contributed by atoms with Crippen LogP contribution < -0.4 is 0 Å². The summed E-state index contributed by atoms with van der Waals surface area (Å²) in [6.07, 6.45) is 4.08. The molecule has 0 bridgehead atoms. The highest BCUT2D eigenvalue weighted by Gasteiger charge is 2.33. The molecule has 1 aromatic heterocycles. The van der Waals surface area contributed by atoms with Gasteiger partial charge < -0.3 is 0 Å². The molecule has 0 fully saturated rings. The van der Waals surface area contributed by atoms with E-state index in [2.05, 4.69) is 29.8 Å². The summed E-state index contributed by atoms with van der Waals surface area (Å²) in [5.74, 6) is 2.27. The molecule has 2 aliphatic heterocycles. The van der Waals surface area contributed by atoms with Gasteiger partial charge in [-0.1, -0.05) is 78.6 Å². The second kappa shape index (κ2) is 11.1. The van der Waals surface area contributed by atoms with Crippen LogP contribution in [-0.4, -0.2) is 23.9 Å². The number of rotatable bonds is 8. The lowest BCUT2D eigenvalue weighted by Gasteiger charge is -2.09. The van der Waals surface area contributed by atoms with Crippen LogP contribution in [0.4, 0.5) is 0 Å². The highest BCUT2D eigenvalue weighted by Crippen LogP contribution is 2.65. The van der Waals surface area contributed by atoms with E-state index in [0.717, 1.165) is 26.9 Å². The van der Waals surface area contributed by atoms with Crippen molar-refractivity contribution >= 4 is 96.5 Å². The SMILES string of the molecule is CCCSC1=C(SCCC)SC(=C2Sc3cn(S(=O)(=O)c4ccc(C)cc4)c(Br)c3S2)S1. The van der Waals surface area contributed by atoms with Crippen LogP contribution in [-0.2, 0) is 10.0 Å². The molecule has 2 aliphatic rings. The molecule has 0 spiro atoms. The van der Waals surface area contributed by atoms with Crippen LogP contribution in [0.1, 0.15) is 32.3 Å².